The minimum atomic E-state index is -0.863. The second-order valence-electron chi connectivity index (χ2n) is 9.35. The average Bonchev–Trinajstić information content (AvgIpc) is 2.88. The zero-order valence-corrected chi connectivity index (χ0v) is 19.4. The number of methoxy groups -OCH3 is 1. The summed E-state index contributed by atoms with van der Waals surface area (Å²) in [5.74, 6) is 2.01. The molecule has 0 bridgehead atoms. The van der Waals surface area contributed by atoms with Crippen LogP contribution in [-0.2, 0) is 6.42 Å². The fourth-order valence-electron chi connectivity index (χ4n) is 4.77. The summed E-state index contributed by atoms with van der Waals surface area (Å²) in [6, 6.07) is 11.4. The van der Waals surface area contributed by atoms with E-state index in [2.05, 4.69) is 15.3 Å². The zero-order chi connectivity index (χ0) is 23.6. The monoisotopic (exact) mass is 465 g/mol. The molecule has 0 saturated heterocycles. The van der Waals surface area contributed by atoms with E-state index in [9.17, 15) is 10.2 Å². The first-order valence-corrected chi connectivity index (χ1v) is 11.8. The first-order chi connectivity index (χ1) is 16.5. The van der Waals surface area contributed by atoms with Crippen LogP contribution in [0.1, 0.15) is 37.7 Å². The van der Waals surface area contributed by atoms with Crippen molar-refractivity contribution in [2.45, 2.75) is 49.7 Å². The first kappa shape index (κ1) is 22.7. The summed E-state index contributed by atoms with van der Waals surface area (Å²) >= 11 is 0. The van der Waals surface area contributed by atoms with Gasteiger partial charge in [0, 0.05) is 30.6 Å². The van der Waals surface area contributed by atoms with Crippen molar-refractivity contribution in [3.63, 3.8) is 0 Å². The van der Waals surface area contributed by atoms with Crippen molar-refractivity contribution >= 4 is 16.7 Å². The van der Waals surface area contributed by atoms with Crippen LogP contribution in [0.5, 0.6) is 17.4 Å². The van der Waals surface area contributed by atoms with Crippen molar-refractivity contribution in [2.75, 3.05) is 32.2 Å². The Hall–Kier alpha value is -3.10. The maximum Gasteiger partial charge on any atom is 0.213 e. The Morgan fingerprint density at radius 2 is 1.74 bits per heavy atom. The molecule has 0 unspecified atom stereocenters. The lowest BCUT2D eigenvalue weighted by Gasteiger charge is -2.41. The molecule has 34 heavy (non-hydrogen) atoms. The predicted octanol–water partition coefficient (Wildman–Crippen LogP) is 3.49. The van der Waals surface area contributed by atoms with Crippen molar-refractivity contribution in [3.05, 3.63) is 48.2 Å². The van der Waals surface area contributed by atoms with Gasteiger partial charge in [0.05, 0.1) is 29.3 Å². The third-order valence-electron chi connectivity index (χ3n) is 6.99. The molecule has 1 aliphatic heterocycles. The second kappa shape index (κ2) is 9.27. The molecule has 8 nitrogen and oxygen atoms in total. The van der Waals surface area contributed by atoms with E-state index >= 15 is 0 Å². The zero-order valence-electron chi connectivity index (χ0n) is 19.4. The molecule has 1 fully saturated rings. The normalized spacial score (nSPS) is 24.1. The highest BCUT2D eigenvalue weighted by atomic mass is 16.6. The minimum absolute atomic E-state index is 0.418. The van der Waals surface area contributed by atoms with Crippen molar-refractivity contribution in [3.8, 4) is 17.4 Å². The largest absolute Gasteiger partial charge is 0.486 e. The number of nitrogens with zero attached hydrogens (tertiary/aromatic N) is 2. The highest BCUT2D eigenvalue weighted by molar-refractivity contribution is 5.78. The Morgan fingerprint density at radius 3 is 2.53 bits per heavy atom. The number of anilines is 1. The maximum absolute atomic E-state index is 11.2. The number of hydrogen-bond donors (Lipinski definition) is 3. The van der Waals surface area contributed by atoms with Crippen LogP contribution in [0.4, 0.5) is 5.69 Å². The van der Waals surface area contributed by atoms with Crippen molar-refractivity contribution in [2.24, 2.45) is 0 Å². The van der Waals surface area contributed by atoms with E-state index in [1.165, 1.54) is 0 Å². The van der Waals surface area contributed by atoms with Gasteiger partial charge in [-0.05, 0) is 68.4 Å². The van der Waals surface area contributed by atoms with Gasteiger partial charge in [-0.3, -0.25) is 4.98 Å². The molecule has 3 aromatic rings. The summed E-state index contributed by atoms with van der Waals surface area (Å²) in [5.41, 5.74) is 1.87. The molecule has 1 aromatic carbocycles. The predicted molar refractivity (Wildman–Crippen MR) is 129 cm³/mol. The molecule has 8 heteroatoms. The number of benzene rings is 1. The van der Waals surface area contributed by atoms with E-state index in [0.717, 1.165) is 33.8 Å². The Balaban J connectivity index is 1.18. The Labute approximate surface area is 198 Å². The molecular weight excluding hydrogens is 434 g/mol. The minimum Gasteiger partial charge on any atom is -0.486 e. The van der Waals surface area contributed by atoms with Crippen LogP contribution in [0.3, 0.4) is 0 Å². The number of fused-ring (bicyclic) bond motifs is 2. The van der Waals surface area contributed by atoms with E-state index in [1.807, 2.05) is 30.3 Å². The first-order valence-electron chi connectivity index (χ1n) is 11.8. The number of nitrogens with one attached hydrogen (secondary N) is 1. The van der Waals surface area contributed by atoms with Gasteiger partial charge in [0.25, 0.3) is 0 Å². The number of ether oxygens (including phenoxy) is 3. The van der Waals surface area contributed by atoms with Crippen molar-refractivity contribution < 1.29 is 24.4 Å². The standard InChI is InChI=1S/C26H31N3O5/c1-32-23-5-3-20-24(29-23)18(7-13-27-20)6-8-25(30)9-11-26(31,12-10-25)17-28-19-2-4-21-22(16-19)34-15-14-33-21/h2-5,7,13,16,28,30-31H,6,8-12,14-15,17H2,1H3. The summed E-state index contributed by atoms with van der Waals surface area (Å²) in [5, 5.41) is 25.7. The third kappa shape index (κ3) is 4.88. The Kier molecular flexibility index (Phi) is 6.18. The van der Waals surface area contributed by atoms with Crippen LogP contribution in [0.25, 0.3) is 11.0 Å². The highest BCUT2D eigenvalue weighted by Gasteiger charge is 2.40. The summed E-state index contributed by atoms with van der Waals surface area (Å²) in [6.45, 7) is 1.52. The van der Waals surface area contributed by atoms with E-state index in [4.69, 9.17) is 14.2 Å². The number of aryl methyl sites for hydroxylation is 1. The number of pyridine rings is 2. The van der Waals surface area contributed by atoms with E-state index in [-0.39, 0.29) is 0 Å². The molecule has 3 N–H and O–H groups in total. The van der Waals surface area contributed by atoms with Gasteiger partial charge in [-0.2, -0.15) is 0 Å². The number of aromatic nitrogens is 2. The molecule has 1 saturated carbocycles. The van der Waals surface area contributed by atoms with Gasteiger partial charge in [-0.1, -0.05) is 0 Å². The van der Waals surface area contributed by atoms with Gasteiger partial charge in [-0.15, -0.1) is 0 Å². The highest BCUT2D eigenvalue weighted by Crippen LogP contribution is 2.39. The van der Waals surface area contributed by atoms with Crippen LogP contribution in [0, 0.1) is 0 Å². The van der Waals surface area contributed by atoms with Crippen LogP contribution < -0.4 is 19.5 Å². The van der Waals surface area contributed by atoms with E-state index < -0.39 is 11.2 Å². The van der Waals surface area contributed by atoms with Crippen molar-refractivity contribution in [1.82, 2.24) is 9.97 Å². The molecule has 0 radical (unpaired) electrons. The van der Waals surface area contributed by atoms with Gasteiger partial charge in [0.2, 0.25) is 5.88 Å². The van der Waals surface area contributed by atoms with Crippen LogP contribution in [0.2, 0.25) is 0 Å². The third-order valence-corrected chi connectivity index (χ3v) is 6.99. The lowest BCUT2D eigenvalue weighted by atomic mass is 9.73. The van der Waals surface area contributed by atoms with Gasteiger partial charge >= 0.3 is 0 Å². The van der Waals surface area contributed by atoms with Gasteiger partial charge < -0.3 is 29.7 Å². The van der Waals surface area contributed by atoms with Crippen LogP contribution in [-0.4, -0.2) is 58.3 Å². The molecule has 5 rings (SSSR count). The second-order valence-corrected chi connectivity index (χ2v) is 9.35. The summed E-state index contributed by atoms with van der Waals surface area (Å²) in [7, 11) is 1.60. The Bertz CT molecular complexity index is 1160. The lowest BCUT2D eigenvalue weighted by Crippen LogP contribution is -2.46. The van der Waals surface area contributed by atoms with E-state index in [1.54, 1.807) is 19.4 Å². The van der Waals surface area contributed by atoms with Crippen molar-refractivity contribution in [1.29, 1.82) is 0 Å². The van der Waals surface area contributed by atoms with Gasteiger partial charge in [0.1, 0.15) is 13.2 Å². The molecule has 2 aliphatic rings. The summed E-state index contributed by atoms with van der Waals surface area (Å²) in [6.07, 6.45) is 5.23. The number of hydrogen-bond acceptors (Lipinski definition) is 8. The fraction of sp³-hybridized carbons (Fsp3) is 0.462. The topological polar surface area (TPSA) is 106 Å². The molecule has 3 heterocycles. The fourth-order valence-corrected chi connectivity index (χ4v) is 4.77. The lowest BCUT2D eigenvalue weighted by molar-refractivity contribution is -0.0777. The molecule has 0 atom stereocenters. The SMILES string of the molecule is COc1ccc2nccc(CCC3(O)CCC(O)(CNc4ccc5c(c4)OCCO5)CC3)c2n1. The number of aliphatic hydroxyl groups is 2. The molecule has 180 valence electrons. The van der Waals surface area contributed by atoms with Gasteiger partial charge in [-0.25, -0.2) is 4.98 Å². The molecular formula is C26H31N3O5. The molecule has 1 aliphatic carbocycles. The van der Waals surface area contributed by atoms with Crippen LogP contribution in [0.15, 0.2) is 42.6 Å². The van der Waals surface area contributed by atoms with Gasteiger partial charge in [0.15, 0.2) is 11.5 Å². The molecule has 0 spiro atoms. The quantitative estimate of drug-likeness (QED) is 0.487. The van der Waals surface area contributed by atoms with E-state index in [0.29, 0.717) is 64.2 Å². The maximum atomic E-state index is 11.2. The molecule has 2 aromatic heterocycles. The summed E-state index contributed by atoms with van der Waals surface area (Å²) < 4.78 is 16.5. The average molecular weight is 466 g/mol. The molecule has 0 amide bonds. The summed E-state index contributed by atoms with van der Waals surface area (Å²) in [4.78, 5) is 8.93. The van der Waals surface area contributed by atoms with Crippen LogP contribution >= 0.6 is 0 Å². The Morgan fingerprint density at radius 1 is 0.971 bits per heavy atom. The number of rotatable bonds is 7. The smallest absolute Gasteiger partial charge is 0.213 e.